The average Bonchev–Trinajstić information content (AvgIpc) is 2.80. The smallest absolute Gasteiger partial charge is 0.126 e. The van der Waals surface area contributed by atoms with Crippen molar-refractivity contribution in [2.24, 2.45) is 5.73 Å². The van der Waals surface area contributed by atoms with Crippen molar-refractivity contribution in [2.45, 2.75) is 32.9 Å². The van der Waals surface area contributed by atoms with Crippen LogP contribution in [0.5, 0.6) is 0 Å². The lowest BCUT2D eigenvalue weighted by Gasteiger charge is -2.11. The lowest BCUT2D eigenvalue weighted by Crippen LogP contribution is -2.13. The summed E-state index contributed by atoms with van der Waals surface area (Å²) in [4.78, 5) is 0. The van der Waals surface area contributed by atoms with E-state index < -0.39 is 0 Å². The highest BCUT2D eigenvalue weighted by molar-refractivity contribution is 5.27. The minimum Gasteiger partial charge on any atom is -0.324 e. The first-order chi connectivity index (χ1) is 8.60. The molecule has 3 nitrogen and oxygen atoms in total. The van der Waals surface area contributed by atoms with Crippen molar-refractivity contribution in [3.63, 3.8) is 0 Å². The summed E-state index contributed by atoms with van der Waals surface area (Å²) in [5, 5.41) is 4.21. The highest BCUT2D eigenvalue weighted by Gasteiger charge is 2.10. The molecule has 1 aromatic heterocycles. The molecule has 0 aliphatic carbocycles. The van der Waals surface area contributed by atoms with Crippen LogP contribution < -0.4 is 5.73 Å². The van der Waals surface area contributed by atoms with E-state index in [1.54, 1.807) is 13.0 Å². The molecule has 0 radical (unpaired) electrons. The van der Waals surface area contributed by atoms with Gasteiger partial charge in [0.15, 0.2) is 0 Å². The van der Waals surface area contributed by atoms with Gasteiger partial charge in [-0.25, -0.2) is 4.39 Å². The van der Waals surface area contributed by atoms with Gasteiger partial charge in [-0.05, 0) is 43.0 Å². The Labute approximate surface area is 106 Å². The highest BCUT2D eigenvalue weighted by atomic mass is 19.1. The molecule has 0 fully saturated rings. The van der Waals surface area contributed by atoms with Crippen molar-refractivity contribution in [1.29, 1.82) is 0 Å². The van der Waals surface area contributed by atoms with Gasteiger partial charge in [0.05, 0.1) is 6.20 Å². The second-order valence-corrected chi connectivity index (χ2v) is 4.52. The molecule has 1 aromatic carbocycles. The third kappa shape index (κ3) is 2.76. The van der Waals surface area contributed by atoms with Crippen molar-refractivity contribution in [2.75, 3.05) is 0 Å². The summed E-state index contributed by atoms with van der Waals surface area (Å²) in [5.41, 5.74) is 8.83. The highest BCUT2D eigenvalue weighted by Crippen LogP contribution is 2.18. The molecule has 2 rings (SSSR count). The summed E-state index contributed by atoms with van der Waals surface area (Å²) >= 11 is 0. The van der Waals surface area contributed by atoms with Crippen molar-refractivity contribution >= 4 is 0 Å². The predicted molar refractivity (Wildman–Crippen MR) is 69.7 cm³/mol. The van der Waals surface area contributed by atoms with Crippen LogP contribution in [0.15, 0.2) is 30.6 Å². The quantitative estimate of drug-likeness (QED) is 0.902. The molecule has 1 unspecified atom stereocenters. The third-order valence-corrected chi connectivity index (χ3v) is 3.08. The molecule has 4 heteroatoms. The van der Waals surface area contributed by atoms with E-state index in [-0.39, 0.29) is 11.9 Å². The molecule has 2 aromatic rings. The van der Waals surface area contributed by atoms with Crippen molar-refractivity contribution < 1.29 is 4.39 Å². The van der Waals surface area contributed by atoms with E-state index in [1.807, 2.05) is 30.1 Å². The van der Waals surface area contributed by atoms with E-state index in [0.717, 1.165) is 17.7 Å². The number of rotatable bonds is 4. The summed E-state index contributed by atoms with van der Waals surface area (Å²) in [6, 6.07) is 4.90. The van der Waals surface area contributed by atoms with Crippen molar-refractivity contribution in [1.82, 2.24) is 9.78 Å². The van der Waals surface area contributed by atoms with E-state index in [1.165, 1.54) is 6.07 Å². The maximum atomic E-state index is 13.2. The van der Waals surface area contributed by atoms with Gasteiger partial charge in [-0.2, -0.15) is 5.10 Å². The Morgan fingerprint density at radius 1 is 1.44 bits per heavy atom. The van der Waals surface area contributed by atoms with Crippen LogP contribution in [0.4, 0.5) is 4.39 Å². The number of hydrogen-bond donors (Lipinski definition) is 1. The van der Waals surface area contributed by atoms with E-state index in [9.17, 15) is 4.39 Å². The number of benzene rings is 1. The van der Waals surface area contributed by atoms with Crippen LogP contribution in [0.2, 0.25) is 0 Å². The van der Waals surface area contributed by atoms with Crippen LogP contribution >= 0.6 is 0 Å². The van der Waals surface area contributed by atoms with Gasteiger partial charge in [0.1, 0.15) is 5.82 Å². The molecular weight excluding hydrogens is 229 g/mol. The number of aryl methyl sites for hydroxylation is 2. The zero-order valence-corrected chi connectivity index (χ0v) is 10.7. The first kappa shape index (κ1) is 12.8. The van der Waals surface area contributed by atoms with Gasteiger partial charge >= 0.3 is 0 Å². The second kappa shape index (κ2) is 5.31. The molecule has 0 bridgehead atoms. The van der Waals surface area contributed by atoms with E-state index in [4.69, 9.17) is 5.73 Å². The molecule has 0 amide bonds. The van der Waals surface area contributed by atoms with Gasteiger partial charge in [-0.15, -0.1) is 0 Å². The number of aromatic nitrogens is 2. The van der Waals surface area contributed by atoms with Crippen LogP contribution in [0.1, 0.15) is 29.7 Å². The third-order valence-electron chi connectivity index (χ3n) is 3.08. The first-order valence-electron chi connectivity index (χ1n) is 6.13. The number of nitrogens with zero attached hydrogens (tertiary/aromatic N) is 2. The van der Waals surface area contributed by atoms with Gasteiger partial charge in [0.25, 0.3) is 0 Å². The molecule has 0 spiro atoms. The standard InChI is InChI=1S/C14H18FN3/c1-3-18-9-11(8-17-18)7-14(16)12-4-5-13(15)10(2)6-12/h4-6,8-9,14H,3,7,16H2,1-2H3. The largest absolute Gasteiger partial charge is 0.324 e. The van der Waals surface area contributed by atoms with E-state index >= 15 is 0 Å². The lowest BCUT2D eigenvalue weighted by molar-refractivity contribution is 0.614. The lowest BCUT2D eigenvalue weighted by atomic mass is 10.00. The average molecular weight is 247 g/mol. The minimum absolute atomic E-state index is 0.126. The van der Waals surface area contributed by atoms with Crippen LogP contribution in [0.3, 0.4) is 0 Å². The maximum Gasteiger partial charge on any atom is 0.126 e. The van der Waals surface area contributed by atoms with Gasteiger partial charge in [0.2, 0.25) is 0 Å². The molecule has 0 saturated heterocycles. The van der Waals surface area contributed by atoms with Gasteiger partial charge < -0.3 is 5.73 Å². The molecule has 0 aliphatic rings. The number of hydrogen-bond acceptors (Lipinski definition) is 2. The summed E-state index contributed by atoms with van der Waals surface area (Å²) in [7, 11) is 0. The zero-order valence-electron chi connectivity index (χ0n) is 10.7. The van der Waals surface area contributed by atoms with E-state index in [2.05, 4.69) is 5.10 Å². The SMILES string of the molecule is CCn1cc(CC(N)c2ccc(F)c(C)c2)cn1. The Kier molecular flexibility index (Phi) is 3.77. The molecule has 18 heavy (non-hydrogen) atoms. The number of nitrogens with two attached hydrogens (primary N) is 1. The first-order valence-corrected chi connectivity index (χ1v) is 6.13. The van der Waals surface area contributed by atoms with Gasteiger partial charge in [0, 0.05) is 18.8 Å². The summed E-state index contributed by atoms with van der Waals surface area (Å²) in [6.07, 6.45) is 4.54. The van der Waals surface area contributed by atoms with Gasteiger partial charge in [-0.3, -0.25) is 4.68 Å². The predicted octanol–water partition coefficient (Wildman–Crippen LogP) is 2.59. The van der Waals surface area contributed by atoms with Gasteiger partial charge in [-0.1, -0.05) is 12.1 Å². The fraction of sp³-hybridized carbons (Fsp3) is 0.357. The van der Waals surface area contributed by atoms with Crippen LogP contribution in [0, 0.1) is 12.7 Å². The summed E-state index contributed by atoms with van der Waals surface area (Å²) in [5.74, 6) is -0.190. The zero-order chi connectivity index (χ0) is 13.1. The van der Waals surface area contributed by atoms with Crippen LogP contribution in [-0.4, -0.2) is 9.78 Å². The molecule has 0 saturated carbocycles. The Morgan fingerprint density at radius 2 is 2.22 bits per heavy atom. The second-order valence-electron chi connectivity index (χ2n) is 4.52. The molecule has 96 valence electrons. The number of halogens is 1. The van der Waals surface area contributed by atoms with E-state index in [0.29, 0.717) is 12.0 Å². The topological polar surface area (TPSA) is 43.8 Å². The molecule has 1 atom stereocenters. The normalized spacial score (nSPS) is 12.7. The molecular formula is C14H18FN3. The van der Waals surface area contributed by atoms with Crippen molar-refractivity contribution in [3.05, 3.63) is 53.1 Å². The fourth-order valence-electron chi connectivity index (χ4n) is 1.96. The maximum absolute atomic E-state index is 13.2. The molecule has 0 aliphatic heterocycles. The Bertz CT molecular complexity index is 534. The Balaban J connectivity index is 2.11. The summed E-state index contributed by atoms with van der Waals surface area (Å²) in [6.45, 7) is 4.64. The van der Waals surface area contributed by atoms with Crippen molar-refractivity contribution in [3.8, 4) is 0 Å². The fourth-order valence-corrected chi connectivity index (χ4v) is 1.96. The Hall–Kier alpha value is -1.68. The summed E-state index contributed by atoms with van der Waals surface area (Å²) < 4.78 is 15.1. The molecule has 1 heterocycles. The van der Waals surface area contributed by atoms with Crippen LogP contribution in [-0.2, 0) is 13.0 Å². The monoisotopic (exact) mass is 247 g/mol. The van der Waals surface area contributed by atoms with Crippen LogP contribution in [0.25, 0.3) is 0 Å². The molecule has 2 N–H and O–H groups in total. The minimum atomic E-state index is -0.190. The Morgan fingerprint density at radius 3 is 2.83 bits per heavy atom.